The molecule has 10 heavy (non-hydrogen) atoms. The van der Waals surface area contributed by atoms with Crippen LogP contribution in [-0.4, -0.2) is 36.3 Å². The number of rotatable bonds is 7. The lowest BCUT2D eigenvalue weighted by atomic mass is 10.5. The molecule has 0 spiro atoms. The normalized spacial score (nSPS) is 10.2. The molecular formula is C7H17NOS. The Bertz CT molecular complexity index is 53.6. The Morgan fingerprint density at radius 2 is 2.20 bits per heavy atom. The smallest absolute Gasteiger partial charge is 0.0521 e. The summed E-state index contributed by atoms with van der Waals surface area (Å²) in [4.78, 5) is 0. The van der Waals surface area contributed by atoms with Crippen molar-refractivity contribution in [2.24, 2.45) is 0 Å². The maximum Gasteiger partial charge on any atom is 0.0521 e. The molecule has 0 saturated carbocycles. The maximum absolute atomic E-state index is 8.43. The average molecular weight is 163 g/mol. The minimum absolute atomic E-state index is 0.311. The summed E-state index contributed by atoms with van der Waals surface area (Å²) >= 11 is 1.81. The van der Waals surface area contributed by atoms with Gasteiger partial charge >= 0.3 is 0 Å². The van der Waals surface area contributed by atoms with E-state index < -0.39 is 0 Å². The molecule has 2 N–H and O–H groups in total. The molecule has 62 valence electrons. The molecule has 0 heterocycles. The molecule has 0 aliphatic heterocycles. The van der Waals surface area contributed by atoms with Crippen LogP contribution in [0, 0.1) is 0 Å². The van der Waals surface area contributed by atoms with E-state index >= 15 is 0 Å². The Kier molecular flexibility index (Phi) is 9.52. The van der Waals surface area contributed by atoms with Crippen molar-refractivity contribution in [3.63, 3.8) is 0 Å². The van der Waals surface area contributed by atoms with Crippen LogP contribution < -0.4 is 5.32 Å². The molecule has 0 unspecified atom stereocenters. The zero-order valence-electron chi connectivity index (χ0n) is 6.60. The van der Waals surface area contributed by atoms with Gasteiger partial charge in [-0.1, -0.05) is 6.92 Å². The van der Waals surface area contributed by atoms with Crippen LogP contribution in [0.5, 0.6) is 0 Å². The quantitative estimate of drug-likeness (QED) is 0.542. The average Bonchev–Trinajstić information content (AvgIpc) is 1.97. The fourth-order valence-electron chi connectivity index (χ4n) is 0.643. The summed E-state index contributed by atoms with van der Waals surface area (Å²) in [5.74, 6) is 2.04. The first-order valence-corrected chi connectivity index (χ1v) is 4.96. The number of hydrogen-bond donors (Lipinski definition) is 2. The Morgan fingerprint density at radius 3 is 2.80 bits per heavy atom. The van der Waals surface area contributed by atoms with E-state index in [1.807, 2.05) is 11.8 Å². The van der Waals surface area contributed by atoms with Gasteiger partial charge in [0.1, 0.15) is 0 Å². The molecule has 0 aromatic rings. The summed E-state index contributed by atoms with van der Waals surface area (Å²) in [6, 6.07) is 0. The van der Waals surface area contributed by atoms with Crippen LogP contribution >= 0.6 is 11.8 Å². The van der Waals surface area contributed by atoms with Crippen LogP contribution in [0.15, 0.2) is 0 Å². The molecule has 0 amide bonds. The molecule has 0 saturated heterocycles. The summed E-state index contributed by atoms with van der Waals surface area (Å²) < 4.78 is 0. The molecule has 0 rings (SSSR count). The van der Waals surface area contributed by atoms with Crippen molar-refractivity contribution in [2.75, 3.05) is 31.2 Å². The highest BCUT2D eigenvalue weighted by Crippen LogP contribution is 1.99. The second-order valence-corrected chi connectivity index (χ2v) is 3.27. The number of aliphatic hydroxyl groups excluding tert-OH is 1. The van der Waals surface area contributed by atoms with Crippen LogP contribution in [0.4, 0.5) is 0 Å². The number of hydrogen-bond acceptors (Lipinski definition) is 3. The van der Waals surface area contributed by atoms with Crippen LogP contribution in [0.3, 0.4) is 0 Å². The van der Waals surface area contributed by atoms with Crippen molar-refractivity contribution in [3.05, 3.63) is 0 Å². The minimum atomic E-state index is 0.311. The van der Waals surface area contributed by atoms with Gasteiger partial charge in [-0.25, -0.2) is 0 Å². The van der Waals surface area contributed by atoms with Crippen molar-refractivity contribution in [3.8, 4) is 0 Å². The van der Waals surface area contributed by atoms with Gasteiger partial charge in [-0.2, -0.15) is 11.8 Å². The van der Waals surface area contributed by atoms with Crippen molar-refractivity contribution >= 4 is 11.8 Å². The third-order valence-corrected chi connectivity index (χ3v) is 2.18. The Morgan fingerprint density at radius 1 is 1.40 bits per heavy atom. The lowest BCUT2D eigenvalue weighted by molar-refractivity contribution is 0.322. The van der Waals surface area contributed by atoms with Gasteiger partial charge in [0.05, 0.1) is 6.61 Å². The van der Waals surface area contributed by atoms with Gasteiger partial charge in [-0.15, -0.1) is 0 Å². The summed E-state index contributed by atoms with van der Waals surface area (Å²) in [5, 5.41) is 11.7. The van der Waals surface area contributed by atoms with Gasteiger partial charge in [0.25, 0.3) is 0 Å². The molecule has 0 aromatic heterocycles. The molecule has 0 aliphatic rings. The molecule has 0 aromatic carbocycles. The summed E-state index contributed by atoms with van der Waals surface area (Å²) in [7, 11) is 0. The SMILES string of the molecule is CCNCCCSCCO. The monoisotopic (exact) mass is 163 g/mol. The summed E-state index contributed by atoms with van der Waals surface area (Å²) in [6.07, 6.45) is 1.21. The van der Waals surface area contributed by atoms with Gasteiger partial charge in [-0.3, -0.25) is 0 Å². The van der Waals surface area contributed by atoms with Crippen molar-refractivity contribution in [1.29, 1.82) is 0 Å². The Hall–Kier alpha value is 0.270. The third-order valence-electron chi connectivity index (χ3n) is 1.13. The predicted octanol–water partition coefficient (Wildman–Crippen LogP) is 0.711. The zero-order valence-corrected chi connectivity index (χ0v) is 7.41. The molecule has 0 aliphatic carbocycles. The highest BCUT2D eigenvalue weighted by atomic mass is 32.2. The lowest BCUT2D eigenvalue weighted by Crippen LogP contribution is -2.14. The molecule has 0 bridgehead atoms. The van der Waals surface area contributed by atoms with E-state index in [4.69, 9.17) is 5.11 Å². The van der Waals surface area contributed by atoms with Crippen LogP contribution in [-0.2, 0) is 0 Å². The van der Waals surface area contributed by atoms with Gasteiger partial charge < -0.3 is 10.4 Å². The maximum atomic E-state index is 8.43. The molecule has 0 atom stereocenters. The molecule has 0 fully saturated rings. The van der Waals surface area contributed by atoms with Crippen molar-refractivity contribution in [1.82, 2.24) is 5.32 Å². The van der Waals surface area contributed by atoms with E-state index in [0.717, 1.165) is 24.6 Å². The van der Waals surface area contributed by atoms with E-state index in [0.29, 0.717) is 6.61 Å². The lowest BCUT2D eigenvalue weighted by Gasteiger charge is -1.99. The predicted molar refractivity (Wildman–Crippen MR) is 47.6 cm³/mol. The van der Waals surface area contributed by atoms with Crippen LogP contribution in [0.25, 0.3) is 0 Å². The minimum Gasteiger partial charge on any atom is -0.396 e. The van der Waals surface area contributed by atoms with Gasteiger partial charge in [0.2, 0.25) is 0 Å². The summed E-state index contributed by atoms with van der Waals surface area (Å²) in [5.41, 5.74) is 0. The number of aliphatic hydroxyl groups is 1. The number of thioether (sulfide) groups is 1. The first kappa shape index (κ1) is 10.3. The highest BCUT2D eigenvalue weighted by Gasteiger charge is 1.86. The fourth-order valence-corrected chi connectivity index (χ4v) is 1.32. The molecule has 0 radical (unpaired) electrons. The van der Waals surface area contributed by atoms with Crippen molar-refractivity contribution < 1.29 is 5.11 Å². The van der Waals surface area contributed by atoms with Gasteiger partial charge in [0, 0.05) is 5.75 Å². The largest absolute Gasteiger partial charge is 0.396 e. The van der Waals surface area contributed by atoms with E-state index in [-0.39, 0.29) is 0 Å². The first-order valence-electron chi connectivity index (χ1n) is 3.81. The van der Waals surface area contributed by atoms with Crippen molar-refractivity contribution in [2.45, 2.75) is 13.3 Å². The second-order valence-electron chi connectivity index (χ2n) is 2.04. The Labute approximate surface area is 67.4 Å². The molecule has 3 heteroatoms. The second kappa shape index (κ2) is 9.27. The fraction of sp³-hybridized carbons (Fsp3) is 1.00. The molecule has 2 nitrogen and oxygen atoms in total. The number of nitrogens with one attached hydrogen (secondary N) is 1. The Balaban J connectivity index is 2.65. The topological polar surface area (TPSA) is 32.3 Å². The van der Waals surface area contributed by atoms with Crippen LogP contribution in [0.1, 0.15) is 13.3 Å². The van der Waals surface area contributed by atoms with Gasteiger partial charge in [-0.05, 0) is 25.3 Å². The van der Waals surface area contributed by atoms with E-state index in [2.05, 4.69) is 12.2 Å². The van der Waals surface area contributed by atoms with E-state index in [9.17, 15) is 0 Å². The van der Waals surface area contributed by atoms with Crippen LogP contribution in [0.2, 0.25) is 0 Å². The molecular weight excluding hydrogens is 146 g/mol. The van der Waals surface area contributed by atoms with E-state index in [1.54, 1.807) is 0 Å². The standard InChI is InChI=1S/C7H17NOS/c1-2-8-4-3-6-10-7-5-9/h8-9H,2-7H2,1H3. The highest BCUT2D eigenvalue weighted by molar-refractivity contribution is 7.99. The zero-order chi connectivity index (χ0) is 7.66. The third kappa shape index (κ3) is 8.27. The van der Waals surface area contributed by atoms with E-state index in [1.165, 1.54) is 6.42 Å². The van der Waals surface area contributed by atoms with Gasteiger partial charge in [0.15, 0.2) is 0 Å². The first-order chi connectivity index (χ1) is 4.91. The summed E-state index contributed by atoms with van der Waals surface area (Å²) in [6.45, 7) is 4.59.